The first kappa shape index (κ1) is 18.3. The molecule has 27 heavy (non-hydrogen) atoms. The number of aromatic nitrogens is 2. The van der Waals surface area contributed by atoms with Crippen LogP contribution >= 0.6 is 0 Å². The molecular formula is C20H20N4O3. The summed E-state index contributed by atoms with van der Waals surface area (Å²) < 4.78 is 1.20. The minimum Gasteiger partial charge on any atom is -0.355 e. The summed E-state index contributed by atoms with van der Waals surface area (Å²) in [6.07, 6.45) is 0. The highest BCUT2D eigenvalue weighted by atomic mass is 16.2. The van der Waals surface area contributed by atoms with E-state index in [1.54, 1.807) is 62.4 Å². The van der Waals surface area contributed by atoms with Crippen LogP contribution in [0, 0.1) is 0 Å². The Bertz CT molecular complexity index is 1040. The van der Waals surface area contributed by atoms with E-state index in [0.29, 0.717) is 23.0 Å². The van der Waals surface area contributed by atoms with Crippen molar-refractivity contribution in [2.45, 2.75) is 19.9 Å². The van der Waals surface area contributed by atoms with Gasteiger partial charge in [0.15, 0.2) is 5.69 Å². The lowest BCUT2D eigenvalue weighted by Crippen LogP contribution is -2.45. The first-order chi connectivity index (χ1) is 13.0. The number of carbonyl (C=O) groups excluding carboxylic acids is 2. The van der Waals surface area contributed by atoms with Crippen LogP contribution in [0.25, 0.3) is 16.5 Å². The third-order valence-electron chi connectivity index (χ3n) is 4.11. The maximum absolute atomic E-state index is 12.8. The molecule has 0 aliphatic rings. The zero-order chi connectivity index (χ0) is 19.4. The fraction of sp³-hybridized carbons (Fsp3) is 0.200. The van der Waals surface area contributed by atoms with Crippen molar-refractivity contribution in [1.82, 2.24) is 20.4 Å². The Hall–Kier alpha value is -3.48. The average molecular weight is 364 g/mol. The Morgan fingerprint density at radius 3 is 2.33 bits per heavy atom. The van der Waals surface area contributed by atoms with Crippen LogP contribution in [-0.2, 0) is 4.79 Å². The summed E-state index contributed by atoms with van der Waals surface area (Å²) in [6.45, 7) is 3.87. The molecule has 1 atom stereocenters. The van der Waals surface area contributed by atoms with Gasteiger partial charge in [0.25, 0.3) is 11.5 Å². The van der Waals surface area contributed by atoms with Gasteiger partial charge in [-0.3, -0.25) is 14.4 Å². The van der Waals surface area contributed by atoms with E-state index in [4.69, 9.17) is 0 Å². The topological polar surface area (TPSA) is 93.1 Å². The molecule has 3 rings (SSSR count). The Balaban J connectivity index is 2.09. The van der Waals surface area contributed by atoms with Crippen molar-refractivity contribution < 1.29 is 9.59 Å². The summed E-state index contributed by atoms with van der Waals surface area (Å²) in [7, 11) is 0. The zero-order valence-corrected chi connectivity index (χ0v) is 15.1. The fourth-order valence-electron chi connectivity index (χ4n) is 2.76. The predicted octanol–water partition coefficient (Wildman–Crippen LogP) is 1.64. The van der Waals surface area contributed by atoms with Gasteiger partial charge in [0.2, 0.25) is 5.91 Å². The number of para-hydroxylation sites is 1. The highest BCUT2D eigenvalue weighted by molar-refractivity contribution is 6.06. The monoisotopic (exact) mass is 364 g/mol. The van der Waals surface area contributed by atoms with Crippen LogP contribution in [0.15, 0.2) is 59.4 Å². The molecule has 1 aromatic heterocycles. The lowest BCUT2D eigenvalue weighted by atomic mass is 10.1. The molecule has 0 aliphatic heterocycles. The maximum atomic E-state index is 12.8. The molecule has 0 unspecified atom stereocenters. The normalized spacial score (nSPS) is 11.8. The van der Waals surface area contributed by atoms with Gasteiger partial charge in [-0.05, 0) is 32.0 Å². The van der Waals surface area contributed by atoms with Crippen LogP contribution in [0.4, 0.5) is 0 Å². The van der Waals surface area contributed by atoms with Crippen molar-refractivity contribution in [2.75, 3.05) is 6.54 Å². The Labute approximate surface area is 156 Å². The molecule has 0 saturated heterocycles. The second-order valence-electron chi connectivity index (χ2n) is 6.04. The molecule has 2 aromatic carbocycles. The molecular weight excluding hydrogens is 344 g/mol. The molecule has 0 aliphatic carbocycles. The highest BCUT2D eigenvalue weighted by Gasteiger charge is 2.21. The largest absolute Gasteiger partial charge is 0.355 e. The predicted molar refractivity (Wildman–Crippen MR) is 103 cm³/mol. The van der Waals surface area contributed by atoms with Crippen molar-refractivity contribution in [3.8, 4) is 5.69 Å². The Morgan fingerprint density at radius 1 is 1.04 bits per heavy atom. The Morgan fingerprint density at radius 2 is 1.67 bits per heavy atom. The van der Waals surface area contributed by atoms with Gasteiger partial charge in [-0.25, -0.2) is 0 Å². The molecule has 0 spiro atoms. The molecule has 0 bridgehead atoms. The van der Waals surface area contributed by atoms with Crippen LogP contribution in [-0.4, -0.2) is 34.2 Å². The lowest BCUT2D eigenvalue weighted by Gasteiger charge is -2.15. The number of nitrogens with zero attached hydrogens (tertiary/aromatic N) is 2. The molecule has 0 saturated carbocycles. The van der Waals surface area contributed by atoms with Crippen molar-refractivity contribution in [3.05, 3.63) is 70.6 Å². The van der Waals surface area contributed by atoms with Crippen molar-refractivity contribution >= 4 is 22.6 Å². The van der Waals surface area contributed by atoms with E-state index in [9.17, 15) is 14.4 Å². The van der Waals surface area contributed by atoms with Gasteiger partial charge in [0.1, 0.15) is 6.04 Å². The quantitative estimate of drug-likeness (QED) is 0.720. The highest BCUT2D eigenvalue weighted by Crippen LogP contribution is 2.15. The third-order valence-corrected chi connectivity index (χ3v) is 4.11. The summed E-state index contributed by atoms with van der Waals surface area (Å²) in [4.78, 5) is 37.5. The van der Waals surface area contributed by atoms with E-state index in [2.05, 4.69) is 15.7 Å². The van der Waals surface area contributed by atoms with E-state index < -0.39 is 11.9 Å². The van der Waals surface area contributed by atoms with Crippen LogP contribution in [0.3, 0.4) is 0 Å². The van der Waals surface area contributed by atoms with Gasteiger partial charge in [0.05, 0.1) is 11.1 Å². The average Bonchev–Trinajstić information content (AvgIpc) is 2.69. The summed E-state index contributed by atoms with van der Waals surface area (Å²) in [5.41, 5.74) is 0.328. The molecule has 7 nitrogen and oxygen atoms in total. The zero-order valence-electron chi connectivity index (χ0n) is 15.1. The molecule has 1 heterocycles. The number of carbonyl (C=O) groups is 2. The van der Waals surface area contributed by atoms with E-state index in [1.165, 1.54) is 4.68 Å². The first-order valence-corrected chi connectivity index (χ1v) is 8.69. The number of hydrogen-bond donors (Lipinski definition) is 2. The lowest BCUT2D eigenvalue weighted by molar-refractivity contribution is -0.122. The van der Waals surface area contributed by atoms with Gasteiger partial charge >= 0.3 is 0 Å². The van der Waals surface area contributed by atoms with E-state index in [0.717, 1.165) is 0 Å². The second kappa shape index (κ2) is 7.82. The number of fused-ring (bicyclic) bond motifs is 1. The number of nitrogens with one attached hydrogen (secondary N) is 2. The maximum Gasteiger partial charge on any atom is 0.279 e. The number of rotatable bonds is 5. The summed E-state index contributed by atoms with van der Waals surface area (Å²) in [5.74, 6) is -0.804. The molecule has 2 N–H and O–H groups in total. The summed E-state index contributed by atoms with van der Waals surface area (Å²) in [5, 5.41) is 10.4. The van der Waals surface area contributed by atoms with E-state index in [-0.39, 0.29) is 17.2 Å². The van der Waals surface area contributed by atoms with Gasteiger partial charge in [-0.15, -0.1) is 0 Å². The number of amides is 2. The summed E-state index contributed by atoms with van der Waals surface area (Å²) >= 11 is 0. The molecule has 0 radical (unpaired) electrons. The smallest absolute Gasteiger partial charge is 0.279 e. The molecule has 7 heteroatoms. The molecule has 138 valence electrons. The van der Waals surface area contributed by atoms with Crippen molar-refractivity contribution in [2.24, 2.45) is 0 Å². The standard InChI is InChI=1S/C20H20N4O3/c1-3-21-18(25)13(2)22-19(26)17-15-11-7-8-12-16(15)20(27)24(23-17)14-9-5-4-6-10-14/h4-13H,3H2,1-2H3,(H,21,25)(H,22,26)/t13-/m0/s1. The fourth-order valence-corrected chi connectivity index (χ4v) is 2.76. The molecule has 2 amide bonds. The second-order valence-corrected chi connectivity index (χ2v) is 6.04. The number of benzene rings is 2. The van der Waals surface area contributed by atoms with Crippen LogP contribution in [0.2, 0.25) is 0 Å². The van der Waals surface area contributed by atoms with Gasteiger partial charge in [-0.1, -0.05) is 36.4 Å². The van der Waals surface area contributed by atoms with Crippen molar-refractivity contribution in [3.63, 3.8) is 0 Å². The molecule has 0 fully saturated rings. The van der Waals surface area contributed by atoms with Crippen molar-refractivity contribution in [1.29, 1.82) is 0 Å². The molecule has 3 aromatic rings. The number of likely N-dealkylation sites (N-methyl/N-ethyl adjacent to an activating group) is 1. The van der Waals surface area contributed by atoms with Gasteiger partial charge in [-0.2, -0.15) is 9.78 Å². The SMILES string of the molecule is CCNC(=O)[C@H](C)NC(=O)c1nn(-c2ccccc2)c(=O)c2ccccc12. The third kappa shape index (κ3) is 3.72. The minimum absolute atomic E-state index is 0.0881. The first-order valence-electron chi connectivity index (χ1n) is 8.69. The van der Waals surface area contributed by atoms with Crippen LogP contribution < -0.4 is 16.2 Å². The van der Waals surface area contributed by atoms with Crippen LogP contribution in [0.1, 0.15) is 24.3 Å². The summed E-state index contributed by atoms with van der Waals surface area (Å²) in [6, 6.07) is 15.0. The minimum atomic E-state index is -0.727. The van der Waals surface area contributed by atoms with Gasteiger partial charge < -0.3 is 10.6 Å². The van der Waals surface area contributed by atoms with E-state index in [1.807, 2.05) is 6.07 Å². The number of hydrogen-bond acceptors (Lipinski definition) is 4. The van der Waals surface area contributed by atoms with Crippen LogP contribution in [0.5, 0.6) is 0 Å². The van der Waals surface area contributed by atoms with Gasteiger partial charge in [0, 0.05) is 11.9 Å². The van der Waals surface area contributed by atoms with E-state index >= 15 is 0 Å². The Kier molecular flexibility index (Phi) is 5.30.